The van der Waals surface area contributed by atoms with Crippen molar-refractivity contribution in [3.8, 4) is 5.75 Å². The third kappa shape index (κ3) is 6.53. The zero-order valence-corrected chi connectivity index (χ0v) is 19.4. The van der Waals surface area contributed by atoms with E-state index >= 15 is 0 Å². The van der Waals surface area contributed by atoms with Gasteiger partial charge in [0.1, 0.15) is 11.0 Å². The molecule has 1 N–H and O–H groups in total. The van der Waals surface area contributed by atoms with E-state index in [9.17, 15) is 19.7 Å². The van der Waals surface area contributed by atoms with Crippen LogP contribution in [0.1, 0.15) is 6.42 Å². The summed E-state index contributed by atoms with van der Waals surface area (Å²) in [5.41, 5.74) is 0.853. The smallest absolute Gasteiger partial charge is 0.271 e. The van der Waals surface area contributed by atoms with Crippen LogP contribution in [0.4, 0.5) is 17.1 Å². The largest absolute Gasteiger partial charge is 0.497 e. The first-order valence-corrected chi connectivity index (χ1v) is 11.0. The molecule has 0 bridgehead atoms. The Kier molecular flexibility index (Phi) is 8.01. The van der Waals surface area contributed by atoms with Crippen LogP contribution in [0.5, 0.6) is 5.75 Å². The molecular formula is C22H25N5O5S. The normalized spacial score (nSPS) is 17.0. The number of thioether (sulfide) groups is 1. The van der Waals surface area contributed by atoms with E-state index < -0.39 is 16.1 Å². The van der Waals surface area contributed by atoms with E-state index in [1.165, 1.54) is 30.0 Å². The van der Waals surface area contributed by atoms with Crippen molar-refractivity contribution >= 4 is 45.8 Å². The Morgan fingerprint density at radius 1 is 1.27 bits per heavy atom. The van der Waals surface area contributed by atoms with E-state index in [1.54, 1.807) is 42.3 Å². The number of hydrogen-bond acceptors (Lipinski definition) is 8. The molecule has 1 unspecified atom stereocenters. The number of nitro groups is 1. The van der Waals surface area contributed by atoms with Gasteiger partial charge in [-0.05, 0) is 44.4 Å². The number of benzene rings is 2. The number of non-ortho nitro benzene ring substituents is 1. The molecule has 1 atom stereocenters. The number of likely N-dealkylation sites (N-methyl/N-ethyl adjacent to an activating group) is 1. The van der Waals surface area contributed by atoms with Crippen molar-refractivity contribution in [2.45, 2.75) is 11.7 Å². The molecule has 0 radical (unpaired) electrons. The van der Waals surface area contributed by atoms with Crippen LogP contribution in [0.2, 0.25) is 0 Å². The maximum absolute atomic E-state index is 13.1. The van der Waals surface area contributed by atoms with Gasteiger partial charge in [0.15, 0.2) is 5.17 Å². The minimum Gasteiger partial charge on any atom is -0.497 e. The summed E-state index contributed by atoms with van der Waals surface area (Å²) in [6.07, 6.45) is -0.0771. The summed E-state index contributed by atoms with van der Waals surface area (Å²) in [6, 6.07) is 12.8. The Hall–Kier alpha value is -3.44. The maximum atomic E-state index is 13.1. The molecule has 3 rings (SSSR count). The number of amidine groups is 1. The van der Waals surface area contributed by atoms with Crippen LogP contribution >= 0.6 is 11.8 Å². The molecule has 0 spiro atoms. The first-order chi connectivity index (χ1) is 15.8. The van der Waals surface area contributed by atoms with Gasteiger partial charge in [0.05, 0.1) is 17.7 Å². The zero-order valence-electron chi connectivity index (χ0n) is 18.6. The predicted molar refractivity (Wildman–Crippen MR) is 128 cm³/mol. The standard InChI is InChI=1S/C22H25N5O5S/c1-25(2)11-12-26-21(29)19(33-22(26)24-15-7-9-18(32-3)10-8-15)14-20(28)23-16-5-4-6-17(13-16)27(30)31/h4-10,13,19H,11-12,14H2,1-3H3,(H,23,28). The molecule has 2 aromatic rings. The highest BCUT2D eigenvalue weighted by molar-refractivity contribution is 8.15. The van der Waals surface area contributed by atoms with Crippen molar-refractivity contribution in [2.75, 3.05) is 39.6 Å². The molecule has 33 heavy (non-hydrogen) atoms. The van der Waals surface area contributed by atoms with E-state index in [2.05, 4.69) is 10.3 Å². The van der Waals surface area contributed by atoms with Crippen LogP contribution in [0.3, 0.4) is 0 Å². The van der Waals surface area contributed by atoms with Crippen LogP contribution in [-0.2, 0) is 9.59 Å². The van der Waals surface area contributed by atoms with E-state index in [4.69, 9.17) is 4.74 Å². The molecule has 10 nitrogen and oxygen atoms in total. The Balaban J connectivity index is 1.74. The number of carbonyl (C=O) groups excluding carboxylic acids is 2. The maximum Gasteiger partial charge on any atom is 0.271 e. The zero-order chi connectivity index (χ0) is 24.0. The van der Waals surface area contributed by atoms with Crippen LogP contribution in [0.15, 0.2) is 53.5 Å². The fraction of sp³-hybridized carbons (Fsp3) is 0.318. The van der Waals surface area contributed by atoms with E-state index in [0.29, 0.717) is 35.4 Å². The summed E-state index contributed by atoms with van der Waals surface area (Å²) in [5, 5.41) is 13.5. The van der Waals surface area contributed by atoms with E-state index in [1.807, 2.05) is 19.0 Å². The first kappa shape index (κ1) is 24.2. The fourth-order valence-corrected chi connectivity index (χ4v) is 4.26. The number of hydrogen-bond donors (Lipinski definition) is 1. The summed E-state index contributed by atoms with van der Waals surface area (Å²) < 4.78 is 5.17. The number of carbonyl (C=O) groups is 2. The van der Waals surface area contributed by atoms with E-state index in [-0.39, 0.29) is 18.0 Å². The average Bonchev–Trinajstić information content (AvgIpc) is 3.06. The Morgan fingerprint density at radius 3 is 2.64 bits per heavy atom. The van der Waals surface area contributed by atoms with Crippen molar-refractivity contribution in [1.82, 2.24) is 9.80 Å². The molecular weight excluding hydrogens is 446 g/mol. The van der Waals surface area contributed by atoms with Gasteiger partial charge in [0.2, 0.25) is 11.8 Å². The lowest BCUT2D eigenvalue weighted by Crippen LogP contribution is -2.38. The van der Waals surface area contributed by atoms with Gasteiger partial charge in [-0.1, -0.05) is 17.8 Å². The predicted octanol–water partition coefficient (Wildman–Crippen LogP) is 3.13. The molecule has 1 heterocycles. The first-order valence-electron chi connectivity index (χ1n) is 10.2. The Bertz CT molecular complexity index is 1060. The summed E-state index contributed by atoms with van der Waals surface area (Å²) in [6.45, 7) is 1.08. The van der Waals surface area contributed by atoms with Crippen molar-refractivity contribution in [1.29, 1.82) is 0 Å². The summed E-state index contributed by atoms with van der Waals surface area (Å²) >= 11 is 1.24. The molecule has 1 fully saturated rings. The highest BCUT2D eigenvalue weighted by Crippen LogP contribution is 2.32. The van der Waals surface area contributed by atoms with Gasteiger partial charge in [-0.2, -0.15) is 0 Å². The Labute approximate surface area is 195 Å². The van der Waals surface area contributed by atoms with Crippen LogP contribution < -0.4 is 10.1 Å². The highest BCUT2D eigenvalue weighted by atomic mass is 32.2. The quantitative estimate of drug-likeness (QED) is 0.441. The van der Waals surface area contributed by atoms with Gasteiger partial charge in [0, 0.05) is 37.3 Å². The Morgan fingerprint density at radius 2 is 2.00 bits per heavy atom. The van der Waals surface area contributed by atoms with Crippen molar-refractivity contribution in [3.63, 3.8) is 0 Å². The van der Waals surface area contributed by atoms with Crippen LogP contribution in [-0.4, -0.2) is 71.2 Å². The minimum atomic E-state index is -0.636. The molecule has 174 valence electrons. The number of ether oxygens (including phenoxy) is 1. The lowest BCUT2D eigenvalue weighted by molar-refractivity contribution is -0.384. The second kappa shape index (κ2) is 10.9. The molecule has 0 saturated carbocycles. The number of anilines is 1. The molecule has 2 amide bonds. The molecule has 1 aliphatic rings. The minimum absolute atomic E-state index is 0.0771. The molecule has 2 aromatic carbocycles. The third-order valence-corrected chi connectivity index (χ3v) is 5.97. The topological polar surface area (TPSA) is 117 Å². The third-order valence-electron chi connectivity index (χ3n) is 4.80. The number of nitro benzene ring substituents is 1. The molecule has 0 aliphatic carbocycles. The lowest BCUT2D eigenvalue weighted by atomic mass is 10.2. The van der Waals surface area contributed by atoms with Gasteiger partial charge in [-0.15, -0.1) is 0 Å². The van der Waals surface area contributed by atoms with Gasteiger partial charge >= 0.3 is 0 Å². The molecule has 11 heteroatoms. The van der Waals surface area contributed by atoms with Crippen LogP contribution in [0.25, 0.3) is 0 Å². The van der Waals surface area contributed by atoms with Gasteiger partial charge in [0.25, 0.3) is 5.69 Å². The molecule has 1 aliphatic heterocycles. The van der Waals surface area contributed by atoms with Crippen molar-refractivity contribution in [3.05, 3.63) is 58.6 Å². The average molecular weight is 472 g/mol. The van der Waals surface area contributed by atoms with Crippen LogP contribution in [0, 0.1) is 10.1 Å². The van der Waals surface area contributed by atoms with Gasteiger partial charge in [-0.25, -0.2) is 4.99 Å². The van der Waals surface area contributed by atoms with Crippen molar-refractivity contribution < 1.29 is 19.2 Å². The number of nitrogens with one attached hydrogen (secondary N) is 1. The van der Waals surface area contributed by atoms with Crippen molar-refractivity contribution in [2.24, 2.45) is 4.99 Å². The number of amides is 2. The summed E-state index contributed by atoms with van der Waals surface area (Å²) in [5.74, 6) is 0.108. The number of rotatable bonds is 9. The van der Waals surface area contributed by atoms with Gasteiger partial charge < -0.3 is 15.0 Å². The second-order valence-corrected chi connectivity index (χ2v) is 8.72. The summed E-state index contributed by atoms with van der Waals surface area (Å²) in [4.78, 5) is 44.2. The lowest BCUT2D eigenvalue weighted by Gasteiger charge is -2.19. The number of nitrogens with zero attached hydrogens (tertiary/aromatic N) is 4. The van der Waals surface area contributed by atoms with Gasteiger partial charge in [-0.3, -0.25) is 24.6 Å². The fourth-order valence-electron chi connectivity index (χ4n) is 3.08. The number of methoxy groups -OCH3 is 1. The second-order valence-electron chi connectivity index (χ2n) is 7.55. The number of aliphatic imine (C=N–C) groups is 1. The highest BCUT2D eigenvalue weighted by Gasteiger charge is 2.39. The molecule has 1 saturated heterocycles. The monoisotopic (exact) mass is 471 g/mol. The molecule has 0 aromatic heterocycles. The summed E-state index contributed by atoms with van der Waals surface area (Å²) in [7, 11) is 5.41. The van der Waals surface area contributed by atoms with E-state index in [0.717, 1.165) is 0 Å². The SMILES string of the molecule is COc1ccc(N=C2SC(CC(=O)Nc3cccc([N+](=O)[O-])c3)C(=O)N2CCN(C)C)cc1.